The molecular formula is C13H18N2O. The molecule has 0 spiro atoms. The summed E-state index contributed by atoms with van der Waals surface area (Å²) in [6, 6.07) is 8.13. The molecule has 2 aliphatic heterocycles. The monoisotopic (exact) mass is 218 g/mol. The number of nitrogen functional groups attached to an aromatic ring is 1. The third-order valence-electron chi connectivity index (χ3n) is 3.99. The molecule has 0 unspecified atom stereocenters. The van der Waals surface area contributed by atoms with Gasteiger partial charge in [-0.2, -0.15) is 0 Å². The van der Waals surface area contributed by atoms with Gasteiger partial charge in [-0.15, -0.1) is 0 Å². The summed E-state index contributed by atoms with van der Waals surface area (Å²) in [7, 11) is 1.83. The summed E-state index contributed by atoms with van der Waals surface area (Å²) >= 11 is 0. The number of hydrogen-bond acceptors (Lipinski definition) is 3. The van der Waals surface area contributed by atoms with E-state index in [-0.39, 0.29) is 0 Å². The number of methoxy groups -OCH3 is 1. The molecule has 2 atom stereocenters. The lowest BCUT2D eigenvalue weighted by molar-refractivity contribution is -0.0814. The Morgan fingerprint density at radius 1 is 1.25 bits per heavy atom. The molecule has 2 heterocycles. The number of benzene rings is 1. The molecule has 3 heteroatoms. The zero-order valence-electron chi connectivity index (χ0n) is 9.60. The van der Waals surface area contributed by atoms with E-state index in [0.29, 0.717) is 17.9 Å². The lowest BCUT2D eigenvalue weighted by Crippen LogP contribution is -2.59. The van der Waals surface area contributed by atoms with Crippen molar-refractivity contribution < 1.29 is 4.74 Å². The first-order valence-electron chi connectivity index (χ1n) is 5.92. The minimum absolute atomic E-state index is 0.487. The van der Waals surface area contributed by atoms with Gasteiger partial charge in [0.25, 0.3) is 0 Å². The average molecular weight is 218 g/mol. The molecule has 3 aliphatic rings. The Balaban J connectivity index is 1.78. The molecule has 4 rings (SSSR count). The van der Waals surface area contributed by atoms with Crippen molar-refractivity contribution in [1.82, 2.24) is 0 Å². The Morgan fingerprint density at radius 2 is 1.94 bits per heavy atom. The van der Waals surface area contributed by atoms with E-state index in [9.17, 15) is 0 Å². The largest absolute Gasteiger partial charge is 0.397 e. The third kappa shape index (κ3) is 1.39. The SMILES string of the molecule is COC1[C@H]2C[C@H]1CN(c1ccccc1N)C2. The number of fused-ring (bicyclic) bond motifs is 2. The average Bonchev–Trinajstić information content (AvgIpc) is 2.30. The Labute approximate surface area is 96.2 Å². The number of nitrogens with zero attached hydrogens (tertiary/aromatic N) is 1. The molecule has 2 saturated heterocycles. The minimum Gasteiger partial charge on any atom is -0.397 e. The molecular weight excluding hydrogens is 200 g/mol. The molecule has 2 N–H and O–H groups in total. The third-order valence-corrected chi connectivity index (χ3v) is 3.99. The van der Waals surface area contributed by atoms with E-state index in [1.54, 1.807) is 0 Å². The zero-order valence-corrected chi connectivity index (χ0v) is 9.60. The van der Waals surface area contributed by atoms with Gasteiger partial charge in [0, 0.05) is 32.0 Å². The fourth-order valence-electron chi connectivity index (χ4n) is 3.20. The van der Waals surface area contributed by atoms with E-state index < -0.39 is 0 Å². The second kappa shape index (κ2) is 3.67. The van der Waals surface area contributed by atoms with Crippen LogP contribution in [0.5, 0.6) is 0 Å². The number of hydrogen-bond donors (Lipinski definition) is 1. The van der Waals surface area contributed by atoms with Crippen LogP contribution in [0.1, 0.15) is 6.42 Å². The number of piperidine rings is 2. The normalized spacial score (nSPS) is 32.3. The molecule has 1 aliphatic carbocycles. The first-order valence-corrected chi connectivity index (χ1v) is 5.92. The highest BCUT2D eigenvalue weighted by molar-refractivity contribution is 5.67. The summed E-state index contributed by atoms with van der Waals surface area (Å²) < 4.78 is 5.51. The number of nitrogens with two attached hydrogens (primary N) is 1. The molecule has 16 heavy (non-hydrogen) atoms. The molecule has 1 aromatic rings. The Bertz CT molecular complexity index is 381. The van der Waals surface area contributed by atoms with Crippen LogP contribution in [0.15, 0.2) is 24.3 Å². The van der Waals surface area contributed by atoms with Gasteiger partial charge >= 0.3 is 0 Å². The first kappa shape index (κ1) is 9.97. The van der Waals surface area contributed by atoms with Crippen LogP contribution in [0.4, 0.5) is 11.4 Å². The van der Waals surface area contributed by atoms with Gasteiger partial charge in [-0.05, 0) is 18.6 Å². The first-order chi connectivity index (χ1) is 7.79. The topological polar surface area (TPSA) is 38.5 Å². The summed E-state index contributed by atoms with van der Waals surface area (Å²) in [5, 5.41) is 0. The summed E-state index contributed by atoms with van der Waals surface area (Å²) in [6.07, 6.45) is 1.81. The van der Waals surface area contributed by atoms with Gasteiger partial charge in [-0.1, -0.05) is 12.1 Å². The number of ether oxygens (including phenoxy) is 1. The Kier molecular flexibility index (Phi) is 2.28. The summed E-state index contributed by atoms with van der Waals surface area (Å²) in [4.78, 5) is 2.41. The van der Waals surface area contributed by atoms with Crippen LogP contribution in [0.2, 0.25) is 0 Å². The van der Waals surface area contributed by atoms with Gasteiger partial charge < -0.3 is 15.4 Å². The maximum atomic E-state index is 6.01. The van der Waals surface area contributed by atoms with Gasteiger partial charge in [-0.25, -0.2) is 0 Å². The van der Waals surface area contributed by atoms with Crippen molar-refractivity contribution in [2.45, 2.75) is 12.5 Å². The zero-order chi connectivity index (χ0) is 11.1. The number of anilines is 2. The molecule has 0 aromatic heterocycles. The van der Waals surface area contributed by atoms with Crippen LogP contribution >= 0.6 is 0 Å². The standard InChI is InChI=1S/C13H18N2O/c1-16-13-9-6-10(13)8-15(7-9)12-5-3-2-4-11(12)14/h2-5,9-10,13H,6-8,14H2,1H3/t9-,10-/m0/s1. The molecule has 3 nitrogen and oxygen atoms in total. The molecule has 2 bridgehead atoms. The van der Waals surface area contributed by atoms with E-state index in [1.165, 1.54) is 12.1 Å². The highest BCUT2D eigenvalue weighted by Crippen LogP contribution is 2.43. The molecule has 1 aromatic carbocycles. The maximum Gasteiger partial charge on any atom is 0.0661 e. The second-order valence-corrected chi connectivity index (χ2v) is 4.92. The van der Waals surface area contributed by atoms with Crippen LogP contribution in [0.3, 0.4) is 0 Å². The smallest absolute Gasteiger partial charge is 0.0661 e. The van der Waals surface area contributed by atoms with Crippen molar-refractivity contribution in [3.63, 3.8) is 0 Å². The second-order valence-electron chi connectivity index (χ2n) is 4.92. The van der Waals surface area contributed by atoms with E-state index in [4.69, 9.17) is 10.5 Å². The van der Waals surface area contributed by atoms with Gasteiger partial charge in [0.1, 0.15) is 0 Å². The molecule has 0 radical (unpaired) electrons. The Hall–Kier alpha value is -1.22. The van der Waals surface area contributed by atoms with Crippen LogP contribution in [-0.2, 0) is 4.74 Å². The molecule has 86 valence electrons. The predicted octanol–water partition coefficient (Wildman–Crippen LogP) is 1.74. The van der Waals surface area contributed by atoms with Crippen LogP contribution in [0.25, 0.3) is 0 Å². The quantitative estimate of drug-likeness (QED) is 0.768. The lowest BCUT2D eigenvalue weighted by atomic mass is 9.68. The van der Waals surface area contributed by atoms with Crippen LogP contribution in [-0.4, -0.2) is 26.3 Å². The maximum absolute atomic E-state index is 6.01. The van der Waals surface area contributed by atoms with Crippen LogP contribution in [0, 0.1) is 11.8 Å². The Morgan fingerprint density at radius 3 is 2.56 bits per heavy atom. The van der Waals surface area contributed by atoms with Crippen LogP contribution < -0.4 is 10.6 Å². The predicted molar refractivity (Wildman–Crippen MR) is 65.5 cm³/mol. The van der Waals surface area contributed by atoms with E-state index >= 15 is 0 Å². The van der Waals surface area contributed by atoms with Crippen molar-refractivity contribution in [3.05, 3.63) is 24.3 Å². The summed E-state index contributed by atoms with van der Waals surface area (Å²) in [5.74, 6) is 1.40. The van der Waals surface area contributed by atoms with Gasteiger partial charge in [0.15, 0.2) is 0 Å². The van der Waals surface area contributed by atoms with E-state index in [1.807, 2.05) is 19.2 Å². The molecule has 3 fully saturated rings. The fourth-order valence-corrected chi connectivity index (χ4v) is 3.20. The van der Waals surface area contributed by atoms with Crippen molar-refractivity contribution >= 4 is 11.4 Å². The minimum atomic E-state index is 0.487. The highest BCUT2D eigenvalue weighted by atomic mass is 16.5. The van der Waals surface area contributed by atoms with Gasteiger partial charge in [0.05, 0.1) is 17.5 Å². The van der Waals surface area contributed by atoms with E-state index in [0.717, 1.165) is 18.8 Å². The fraction of sp³-hybridized carbons (Fsp3) is 0.538. The number of rotatable bonds is 2. The highest BCUT2D eigenvalue weighted by Gasteiger charge is 2.47. The molecule has 0 amide bonds. The molecule has 1 saturated carbocycles. The van der Waals surface area contributed by atoms with Crippen molar-refractivity contribution in [2.75, 3.05) is 30.8 Å². The van der Waals surface area contributed by atoms with Crippen molar-refractivity contribution in [2.24, 2.45) is 11.8 Å². The summed E-state index contributed by atoms with van der Waals surface area (Å²) in [6.45, 7) is 2.17. The van der Waals surface area contributed by atoms with E-state index in [2.05, 4.69) is 17.0 Å². The van der Waals surface area contributed by atoms with Crippen molar-refractivity contribution in [1.29, 1.82) is 0 Å². The van der Waals surface area contributed by atoms with Gasteiger partial charge in [-0.3, -0.25) is 0 Å². The van der Waals surface area contributed by atoms with Gasteiger partial charge in [0.2, 0.25) is 0 Å². The van der Waals surface area contributed by atoms with Crippen molar-refractivity contribution in [3.8, 4) is 0 Å². The summed E-state index contributed by atoms with van der Waals surface area (Å²) in [5.41, 5.74) is 8.08. The lowest BCUT2D eigenvalue weighted by Gasteiger charge is -2.53. The number of para-hydroxylation sites is 2.